The molecule has 0 radical (unpaired) electrons. The van der Waals surface area contributed by atoms with E-state index in [0.29, 0.717) is 60.2 Å². The van der Waals surface area contributed by atoms with Gasteiger partial charge in [-0.25, -0.2) is 0 Å². The molecule has 9 heteroatoms. The van der Waals surface area contributed by atoms with Gasteiger partial charge >= 0.3 is 0 Å². The molecule has 0 saturated carbocycles. The quantitative estimate of drug-likeness (QED) is 0.139. The average Bonchev–Trinajstić information content (AvgIpc) is 2.94. The summed E-state index contributed by atoms with van der Waals surface area (Å²) in [6, 6.07) is 22.7. The number of nitrogens with one attached hydrogen (secondary N) is 2. The fourth-order valence-corrected chi connectivity index (χ4v) is 4.08. The van der Waals surface area contributed by atoms with Crippen LogP contribution in [0.1, 0.15) is 33.6 Å². The molecule has 0 aromatic heterocycles. The van der Waals surface area contributed by atoms with Crippen molar-refractivity contribution in [1.29, 1.82) is 0 Å². The van der Waals surface area contributed by atoms with Gasteiger partial charge in [0.1, 0.15) is 17.2 Å². The van der Waals surface area contributed by atoms with Gasteiger partial charge in [-0.2, -0.15) is 0 Å². The normalized spacial score (nSPS) is 10.7. The maximum Gasteiger partial charge on any atom is 0.259 e. The van der Waals surface area contributed by atoms with Crippen LogP contribution in [0.2, 0.25) is 5.02 Å². The van der Waals surface area contributed by atoms with Gasteiger partial charge in [0.25, 0.3) is 11.8 Å². The number of phenols is 1. The zero-order valence-electron chi connectivity index (χ0n) is 21.3. The van der Waals surface area contributed by atoms with Crippen LogP contribution in [-0.4, -0.2) is 43.2 Å². The molecule has 0 unspecified atom stereocenters. The zero-order chi connectivity index (χ0) is 27.6. The summed E-state index contributed by atoms with van der Waals surface area (Å²) in [6.07, 6.45) is 1.20. The summed E-state index contributed by atoms with van der Waals surface area (Å²) in [5, 5.41) is 17.9. The van der Waals surface area contributed by atoms with E-state index in [1.807, 2.05) is 36.4 Å². The molecule has 0 saturated heterocycles. The molecule has 0 fully saturated rings. The number of halogens is 1. The highest BCUT2D eigenvalue weighted by atomic mass is 35.5. The molecule has 8 nitrogen and oxygen atoms in total. The van der Waals surface area contributed by atoms with Crippen molar-refractivity contribution in [3.05, 3.63) is 95.0 Å². The second-order valence-electron chi connectivity index (χ2n) is 8.76. The monoisotopic (exact) mass is 547 g/mol. The van der Waals surface area contributed by atoms with Crippen molar-refractivity contribution in [2.45, 2.75) is 12.8 Å². The summed E-state index contributed by atoms with van der Waals surface area (Å²) in [5.74, 6) is 0.0906. The Bertz CT molecular complexity index is 1460. The first-order valence-electron chi connectivity index (χ1n) is 12.6. The highest BCUT2D eigenvalue weighted by molar-refractivity contribution is 6.30. The van der Waals surface area contributed by atoms with Gasteiger partial charge in [-0.05, 0) is 66.6 Å². The molecule has 5 N–H and O–H groups in total. The van der Waals surface area contributed by atoms with E-state index >= 15 is 0 Å². The first-order valence-corrected chi connectivity index (χ1v) is 13.0. The maximum absolute atomic E-state index is 13.0. The van der Waals surface area contributed by atoms with E-state index in [2.05, 4.69) is 10.6 Å². The molecular weight excluding hydrogens is 518 g/mol. The summed E-state index contributed by atoms with van der Waals surface area (Å²) >= 11 is 5.86. The second kappa shape index (κ2) is 13.5. The molecule has 0 aliphatic rings. The average molecular weight is 548 g/mol. The summed E-state index contributed by atoms with van der Waals surface area (Å²) in [5.41, 5.74) is 6.59. The lowest BCUT2D eigenvalue weighted by Crippen LogP contribution is -2.26. The number of anilines is 1. The van der Waals surface area contributed by atoms with Crippen LogP contribution >= 0.6 is 11.6 Å². The van der Waals surface area contributed by atoms with Crippen molar-refractivity contribution in [2.75, 3.05) is 31.6 Å². The van der Waals surface area contributed by atoms with E-state index < -0.39 is 5.91 Å². The maximum atomic E-state index is 13.0. The number of ether oxygens (including phenoxy) is 2. The minimum absolute atomic E-state index is 0.135. The van der Waals surface area contributed by atoms with Crippen molar-refractivity contribution < 1.29 is 24.2 Å². The highest BCUT2D eigenvalue weighted by Crippen LogP contribution is 2.29. The molecule has 4 aromatic rings. The van der Waals surface area contributed by atoms with Crippen LogP contribution in [0.5, 0.6) is 17.2 Å². The lowest BCUT2D eigenvalue weighted by atomic mass is 10.1. The van der Waals surface area contributed by atoms with E-state index in [9.17, 15) is 14.7 Å². The molecule has 202 valence electrons. The number of carbonyl (C=O) groups excluding carboxylic acids is 2. The Morgan fingerprint density at radius 1 is 0.795 bits per heavy atom. The third-order valence-corrected chi connectivity index (χ3v) is 6.14. The molecular formula is C30H30ClN3O5. The summed E-state index contributed by atoms with van der Waals surface area (Å²) in [4.78, 5) is 25.8. The van der Waals surface area contributed by atoms with Crippen LogP contribution in [-0.2, 0) is 0 Å². The topological polar surface area (TPSA) is 123 Å². The Morgan fingerprint density at radius 2 is 1.49 bits per heavy atom. The van der Waals surface area contributed by atoms with Crippen LogP contribution in [0.25, 0.3) is 10.8 Å². The number of rotatable bonds is 12. The van der Waals surface area contributed by atoms with Gasteiger partial charge in [0.15, 0.2) is 0 Å². The van der Waals surface area contributed by atoms with Crippen molar-refractivity contribution in [2.24, 2.45) is 5.73 Å². The number of carbonyl (C=O) groups is 2. The van der Waals surface area contributed by atoms with E-state index in [4.69, 9.17) is 26.8 Å². The van der Waals surface area contributed by atoms with Crippen molar-refractivity contribution in [3.8, 4) is 17.2 Å². The van der Waals surface area contributed by atoms with Crippen molar-refractivity contribution in [3.63, 3.8) is 0 Å². The number of nitrogens with two attached hydrogens (primary N) is 1. The first kappa shape index (κ1) is 27.8. The summed E-state index contributed by atoms with van der Waals surface area (Å²) < 4.78 is 11.7. The lowest BCUT2D eigenvalue weighted by Gasteiger charge is -2.14. The van der Waals surface area contributed by atoms with Crippen LogP contribution in [0, 0.1) is 0 Å². The number of amides is 2. The smallest absolute Gasteiger partial charge is 0.259 e. The van der Waals surface area contributed by atoms with Crippen LogP contribution < -0.4 is 25.8 Å². The molecule has 0 heterocycles. The van der Waals surface area contributed by atoms with E-state index in [1.165, 1.54) is 12.1 Å². The standard InChI is InChI=1S/C30H30ClN3O5/c31-22-11-12-25(26(35)19-22)34-30(37)23-9-3-4-10-27(23)38-16-6-14-33-29(36)24-17-20-7-1-2-8-21(20)18-28(24)39-15-5-13-32/h1-4,7-12,17-19,35H,5-6,13-16,32H2,(H,33,36)(H,34,37). The predicted molar refractivity (Wildman–Crippen MR) is 153 cm³/mol. The number of hydrogen-bond acceptors (Lipinski definition) is 6. The molecule has 0 aliphatic heterocycles. The number of benzene rings is 4. The largest absolute Gasteiger partial charge is 0.506 e. The SMILES string of the molecule is NCCCOc1cc2ccccc2cc1C(=O)NCCCOc1ccccc1C(=O)Nc1ccc(Cl)cc1O. The number of hydrogen-bond donors (Lipinski definition) is 4. The van der Waals surface area contributed by atoms with E-state index in [0.717, 1.165) is 10.8 Å². The number of fused-ring (bicyclic) bond motifs is 1. The molecule has 2 amide bonds. The fraction of sp³-hybridized carbons (Fsp3) is 0.200. The third kappa shape index (κ3) is 7.40. The lowest BCUT2D eigenvalue weighted by molar-refractivity contribution is 0.0947. The van der Waals surface area contributed by atoms with Gasteiger partial charge in [0.2, 0.25) is 0 Å². The predicted octanol–water partition coefficient (Wildman–Crippen LogP) is 5.38. The van der Waals surface area contributed by atoms with Gasteiger partial charge in [-0.1, -0.05) is 48.0 Å². The Hall–Kier alpha value is -4.27. The molecule has 39 heavy (non-hydrogen) atoms. The Morgan fingerprint density at radius 3 is 2.26 bits per heavy atom. The van der Waals surface area contributed by atoms with E-state index in [1.54, 1.807) is 30.3 Å². The Labute approximate surface area is 231 Å². The molecule has 4 aromatic carbocycles. The zero-order valence-corrected chi connectivity index (χ0v) is 22.0. The van der Waals surface area contributed by atoms with Crippen LogP contribution in [0.3, 0.4) is 0 Å². The molecule has 0 atom stereocenters. The molecule has 0 bridgehead atoms. The van der Waals surface area contributed by atoms with Crippen molar-refractivity contribution in [1.82, 2.24) is 5.32 Å². The minimum Gasteiger partial charge on any atom is -0.506 e. The highest BCUT2D eigenvalue weighted by Gasteiger charge is 2.16. The Kier molecular flexibility index (Phi) is 9.61. The summed E-state index contributed by atoms with van der Waals surface area (Å²) in [6.45, 7) is 1.56. The van der Waals surface area contributed by atoms with Gasteiger partial charge in [-0.3, -0.25) is 9.59 Å². The number of phenolic OH excluding ortho intramolecular Hbond substituents is 1. The van der Waals surface area contributed by atoms with Gasteiger partial charge in [-0.15, -0.1) is 0 Å². The summed E-state index contributed by atoms with van der Waals surface area (Å²) in [7, 11) is 0. The van der Waals surface area contributed by atoms with Crippen LogP contribution in [0.15, 0.2) is 78.9 Å². The Balaban J connectivity index is 1.33. The van der Waals surface area contributed by atoms with Crippen molar-refractivity contribution >= 4 is 39.9 Å². The molecule has 4 rings (SSSR count). The van der Waals surface area contributed by atoms with Crippen LogP contribution in [0.4, 0.5) is 5.69 Å². The van der Waals surface area contributed by atoms with Gasteiger partial charge in [0, 0.05) is 17.6 Å². The first-order chi connectivity index (χ1) is 19.0. The molecule has 0 aliphatic carbocycles. The van der Waals surface area contributed by atoms with E-state index in [-0.39, 0.29) is 24.0 Å². The van der Waals surface area contributed by atoms with Gasteiger partial charge < -0.3 is 30.9 Å². The minimum atomic E-state index is -0.435. The molecule has 0 spiro atoms. The van der Waals surface area contributed by atoms with Gasteiger partial charge in [0.05, 0.1) is 30.0 Å². The fourth-order valence-electron chi connectivity index (χ4n) is 3.91. The third-order valence-electron chi connectivity index (χ3n) is 5.90. The number of para-hydroxylation sites is 1. The second-order valence-corrected chi connectivity index (χ2v) is 9.19. The number of aromatic hydroxyl groups is 1.